The highest BCUT2D eigenvalue weighted by Gasteiger charge is 2.31. The van der Waals surface area contributed by atoms with Crippen LogP contribution in [0.25, 0.3) is 0 Å². The van der Waals surface area contributed by atoms with E-state index in [9.17, 15) is 9.90 Å². The van der Waals surface area contributed by atoms with Crippen LogP contribution in [0.3, 0.4) is 0 Å². The number of carbonyl (C=O) groups is 1. The summed E-state index contributed by atoms with van der Waals surface area (Å²) in [5, 5.41) is 12.2. The Bertz CT molecular complexity index is 404. The number of carbonyl (C=O) groups excluding carboxylic acids is 1. The van der Waals surface area contributed by atoms with Gasteiger partial charge in [-0.3, -0.25) is 9.69 Å². The van der Waals surface area contributed by atoms with Crippen LogP contribution in [0, 0.1) is 0 Å². The highest BCUT2D eigenvalue weighted by atomic mass is 16.3. The Morgan fingerprint density at radius 3 is 2.76 bits per heavy atom. The summed E-state index contributed by atoms with van der Waals surface area (Å²) in [6.07, 6.45) is 1.52. The van der Waals surface area contributed by atoms with Crippen LogP contribution in [0.1, 0.15) is 20.8 Å². The van der Waals surface area contributed by atoms with Crippen LogP contribution in [0.2, 0.25) is 0 Å². The first-order valence-electron chi connectivity index (χ1n) is 5.56. The van der Waals surface area contributed by atoms with Crippen LogP contribution < -0.4 is 5.32 Å². The highest BCUT2D eigenvalue weighted by Crippen LogP contribution is 2.21. The summed E-state index contributed by atoms with van der Waals surface area (Å²) in [6, 6.07) is 3.09. The molecule has 0 aliphatic carbocycles. The average Bonchev–Trinajstić information content (AvgIpc) is 2.30. The monoisotopic (exact) mass is 237 g/mol. The van der Waals surface area contributed by atoms with Crippen LogP contribution >= 0.6 is 0 Å². The molecule has 0 bridgehead atoms. The number of aromatic nitrogens is 1. The first-order valence-corrected chi connectivity index (χ1v) is 5.56. The van der Waals surface area contributed by atoms with E-state index < -0.39 is 5.54 Å². The number of aromatic hydroxyl groups is 1. The number of nitrogens with zero attached hydrogens (tertiary/aromatic N) is 2. The summed E-state index contributed by atoms with van der Waals surface area (Å²) in [6.45, 7) is 6.39. The molecular formula is C12H19N3O2. The maximum absolute atomic E-state index is 12.1. The number of amides is 1. The second kappa shape index (κ2) is 5.14. The van der Waals surface area contributed by atoms with E-state index in [1.807, 2.05) is 32.7 Å². The van der Waals surface area contributed by atoms with Crippen molar-refractivity contribution < 1.29 is 9.90 Å². The zero-order chi connectivity index (χ0) is 13.1. The Kier molecular flexibility index (Phi) is 4.07. The van der Waals surface area contributed by atoms with Gasteiger partial charge in [0.2, 0.25) is 5.91 Å². The molecule has 1 aromatic rings. The molecule has 5 nitrogen and oxygen atoms in total. The van der Waals surface area contributed by atoms with Gasteiger partial charge in [-0.25, -0.2) is 4.98 Å². The maximum atomic E-state index is 12.1. The Hall–Kier alpha value is -1.62. The van der Waals surface area contributed by atoms with Gasteiger partial charge < -0.3 is 10.4 Å². The van der Waals surface area contributed by atoms with Gasteiger partial charge in [-0.05, 0) is 39.6 Å². The van der Waals surface area contributed by atoms with Gasteiger partial charge in [0.05, 0.1) is 5.54 Å². The molecule has 0 aromatic carbocycles. The normalized spacial score (nSPS) is 11.6. The third-order valence-corrected chi connectivity index (χ3v) is 3.00. The fourth-order valence-electron chi connectivity index (χ4n) is 1.32. The van der Waals surface area contributed by atoms with E-state index in [0.29, 0.717) is 0 Å². The predicted octanol–water partition coefficient (Wildman–Crippen LogP) is 1.46. The second-order valence-corrected chi connectivity index (χ2v) is 4.40. The Morgan fingerprint density at radius 1 is 1.59 bits per heavy atom. The topological polar surface area (TPSA) is 65.5 Å². The zero-order valence-corrected chi connectivity index (χ0v) is 10.7. The maximum Gasteiger partial charge on any atom is 0.245 e. The van der Waals surface area contributed by atoms with Crippen LogP contribution in [-0.2, 0) is 4.79 Å². The molecule has 0 fully saturated rings. The molecule has 1 aromatic heterocycles. The average molecular weight is 237 g/mol. The quantitative estimate of drug-likeness (QED) is 0.832. The third-order valence-electron chi connectivity index (χ3n) is 3.00. The van der Waals surface area contributed by atoms with Crippen LogP contribution in [-0.4, -0.2) is 40.0 Å². The van der Waals surface area contributed by atoms with Crippen LogP contribution in [0.4, 0.5) is 5.82 Å². The molecule has 1 heterocycles. The lowest BCUT2D eigenvalue weighted by Gasteiger charge is -2.33. The Balaban J connectivity index is 2.83. The second-order valence-electron chi connectivity index (χ2n) is 4.40. The standard InChI is InChI=1S/C12H19N3O2/c1-5-15(4)12(2,3)11(17)14-10-9(16)7-6-8-13-10/h6-8,16H,5H2,1-4H3,(H,13,14,17). The summed E-state index contributed by atoms with van der Waals surface area (Å²) in [5.74, 6) is -0.0401. The molecule has 0 aliphatic rings. The fraction of sp³-hybridized carbons (Fsp3) is 0.500. The molecule has 0 aliphatic heterocycles. The number of hydrogen-bond acceptors (Lipinski definition) is 4. The smallest absolute Gasteiger partial charge is 0.245 e. The van der Waals surface area contributed by atoms with E-state index in [-0.39, 0.29) is 17.5 Å². The molecule has 2 N–H and O–H groups in total. The van der Waals surface area contributed by atoms with Crippen molar-refractivity contribution in [1.82, 2.24) is 9.88 Å². The molecule has 94 valence electrons. The van der Waals surface area contributed by atoms with Crippen molar-refractivity contribution in [3.05, 3.63) is 18.3 Å². The highest BCUT2D eigenvalue weighted by molar-refractivity contribution is 5.97. The van der Waals surface area contributed by atoms with Gasteiger partial charge >= 0.3 is 0 Å². The number of anilines is 1. The fourth-order valence-corrected chi connectivity index (χ4v) is 1.32. The van der Waals surface area contributed by atoms with Gasteiger partial charge in [-0.1, -0.05) is 6.92 Å². The molecule has 17 heavy (non-hydrogen) atoms. The zero-order valence-electron chi connectivity index (χ0n) is 10.7. The molecule has 1 amide bonds. The lowest BCUT2D eigenvalue weighted by Crippen LogP contribution is -2.50. The van der Waals surface area contributed by atoms with E-state index in [2.05, 4.69) is 10.3 Å². The summed E-state index contributed by atoms with van der Waals surface area (Å²) in [5.41, 5.74) is -0.654. The summed E-state index contributed by atoms with van der Waals surface area (Å²) in [7, 11) is 1.87. The first-order chi connectivity index (χ1) is 7.89. The molecule has 0 unspecified atom stereocenters. The Labute approximate surface area is 101 Å². The summed E-state index contributed by atoms with van der Waals surface area (Å²) >= 11 is 0. The number of nitrogens with one attached hydrogen (secondary N) is 1. The predicted molar refractivity (Wildman–Crippen MR) is 66.9 cm³/mol. The number of rotatable bonds is 4. The SMILES string of the molecule is CCN(C)C(C)(C)C(=O)Nc1ncccc1O. The van der Waals surface area contributed by atoms with Crippen molar-refractivity contribution in [3.63, 3.8) is 0 Å². The molecule has 0 spiro atoms. The minimum atomic E-state index is -0.654. The van der Waals surface area contributed by atoms with E-state index in [1.54, 1.807) is 6.07 Å². The molecule has 0 atom stereocenters. The largest absolute Gasteiger partial charge is 0.504 e. The van der Waals surface area contributed by atoms with Crippen molar-refractivity contribution in [3.8, 4) is 5.75 Å². The van der Waals surface area contributed by atoms with Gasteiger partial charge in [-0.2, -0.15) is 0 Å². The van der Waals surface area contributed by atoms with Gasteiger partial charge in [0.1, 0.15) is 0 Å². The van der Waals surface area contributed by atoms with Gasteiger partial charge in [0, 0.05) is 6.20 Å². The van der Waals surface area contributed by atoms with Crippen molar-refractivity contribution in [1.29, 1.82) is 0 Å². The van der Waals surface area contributed by atoms with Gasteiger partial charge in [0.15, 0.2) is 11.6 Å². The molecular weight excluding hydrogens is 218 g/mol. The number of hydrogen-bond donors (Lipinski definition) is 2. The molecule has 0 saturated carbocycles. The van der Waals surface area contributed by atoms with E-state index in [4.69, 9.17) is 0 Å². The third kappa shape index (κ3) is 2.94. The van der Waals surface area contributed by atoms with Crippen molar-refractivity contribution >= 4 is 11.7 Å². The Morgan fingerprint density at radius 2 is 2.24 bits per heavy atom. The first kappa shape index (κ1) is 13.4. The summed E-state index contributed by atoms with van der Waals surface area (Å²) in [4.78, 5) is 17.9. The van der Waals surface area contributed by atoms with E-state index in [1.165, 1.54) is 12.3 Å². The lowest BCUT2D eigenvalue weighted by molar-refractivity contribution is -0.125. The van der Waals surface area contributed by atoms with Crippen LogP contribution in [0.15, 0.2) is 18.3 Å². The molecule has 1 rings (SSSR count). The van der Waals surface area contributed by atoms with Crippen LogP contribution in [0.5, 0.6) is 5.75 Å². The summed E-state index contributed by atoms with van der Waals surface area (Å²) < 4.78 is 0. The minimum absolute atomic E-state index is 0.0317. The van der Waals surface area contributed by atoms with Gasteiger partial charge in [0.25, 0.3) is 0 Å². The lowest BCUT2D eigenvalue weighted by atomic mass is 10.0. The number of likely N-dealkylation sites (N-methyl/N-ethyl adjacent to an activating group) is 1. The molecule has 5 heteroatoms. The van der Waals surface area contributed by atoms with Crippen molar-refractivity contribution in [2.24, 2.45) is 0 Å². The van der Waals surface area contributed by atoms with E-state index in [0.717, 1.165) is 6.54 Å². The van der Waals surface area contributed by atoms with Gasteiger partial charge in [-0.15, -0.1) is 0 Å². The van der Waals surface area contributed by atoms with E-state index >= 15 is 0 Å². The number of pyridine rings is 1. The molecule has 0 radical (unpaired) electrons. The van der Waals surface area contributed by atoms with Crippen molar-refractivity contribution in [2.75, 3.05) is 18.9 Å². The minimum Gasteiger partial charge on any atom is -0.504 e. The van der Waals surface area contributed by atoms with Crippen molar-refractivity contribution in [2.45, 2.75) is 26.3 Å². The molecule has 0 saturated heterocycles.